The van der Waals surface area contributed by atoms with Crippen molar-refractivity contribution in [2.24, 2.45) is 0 Å². The van der Waals surface area contributed by atoms with Gasteiger partial charge in [0.25, 0.3) is 5.91 Å². The van der Waals surface area contributed by atoms with Gasteiger partial charge in [-0.25, -0.2) is 0 Å². The molecule has 1 aliphatic heterocycles. The van der Waals surface area contributed by atoms with Crippen molar-refractivity contribution in [1.82, 2.24) is 4.90 Å². The van der Waals surface area contributed by atoms with Gasteiger partial charge in [0.2, 0.25) is 0 Å². The molecule has 1 aromatic rings. The molecule has 1 fully saturated rings. The SMILES string of the molecule is O=C(c1cc(Cl)c(Br)cc1Cl)N1CCCCC1. The van der Waals surface area contributed by atoms with Crippen molar-refractivity contribution in [2.45, 2.75) is 19.3 Å². The number of carbonyl (C=O) groups excluding carboxylic acids is 1. The van der Waals surface area contributed by atoms with E-state index >= 15 is 0 Å². The Balaban J connectivity index is 2.26. The van der Waals surface area contributed by atoms with E-state index in [1.54, 1.807) is 12.1 Å². The number of rotatable bonds is 1. The Kier molecular flexibility index (Phi) is 4.34. The Bertz CT molecular complexity index is 444. The Morgan fingerprint density at radius 2 is 1.76 bits per heavy atom. The van der Waals surface area contributed by atoms with Crippen LogP contribution in [-0.4, -0.2) is 23.9 Å². The first kappa shape index (κ1) is 13.2. The highest BCUT2D eigenvalue weighted by Gasteiger charge is 2.21. The molecular weight excluding hydrogens is 325 g/mol. The maximum atomic E-state index is 12.3. The summed E-state index contributed by atoms with van der Waals surface area (Å²) in [6, 6.07) is 3.30. The fourth-order valence-corrected chi connectivity index (χ4v) is 2.84. The minimum Gasteiger partial charge on any atom is -0.339 e. The summed E-state index contributed by atoms with van der Waals surface area (Å²) in [6.07, 6.45) is 3.32. The number of benzene rings is 1. The molecule has 1 aromatic carbocycles. The summed E-state index contributed by atoms with van der Waals surface area (Å²) < 4.78 is 0.708. The molecule has 0 bridgehead atoms. The molecule has 0 spiro atoms. The van der Waals surface area contributed by atoms with E-state index in [1.807, 2.05) is 4.90 Å². The summed E-state index contributed by atoms with van der Waals surface area (Å²) in [5.74, 6) is -0.0240. The summed E-state index contributed by atoms with van der Waals surface area (Å²) in [5.41, 5.74) is 0.488. The van der Waals surface area contributed by atoms with Crippen molar-refractivity contribution in [2.75, 3.05) is 13.1 Å². The van der Waals surface area contributed by atoms with Crippen molar-refractivity contribution in [1.29, 1.82) is 0 Å². The molecule has 2 nitrogen and oxygen atoms in total. The number of nitrogens with zero attached hydrogens (tertiary/aromatic N) is 1. The highest BCUT2D eigenvalue weighted by molar-refractivity contribution is 9.10. The molecule has 1 heterocycles. The number of hydrogen-bond acceptors (Lipinski definition) is 1. The second-order valence-corrected chi connectivity index (χ2v) is 5.77. The molecular formula is C12H12BrCl2NO. The largest absolute Gasteiger partial charge is 0.339 e. The van der Waals surface area contributed by atoms with Crippen molar-refractivity contribution < 1.29 is 4.79 Å². The van der Waals surface area contributed by atoms with Gasteiger partial charge in [-0.2, -0.15) is 0 Å². The van der Waals surface area contributed by atoms with Gasteiger partial charge in [-0.3, -0.25) is 4.79 Å². The highest BCUT2D eigenvalue weighted by atomic mass is 79.9. The van der Waals surface area contributed by atoms with Gasteiger partial charge in [0.1, 0.15) is 0 Å². The smallest absolute Gasteiger partial charge is 0.255 e. The third-order valence-corrected chi connectivity index (χ3v) is 4.39. The molecule has 1 amide bonds. The molecule has 5 heteroatoms. The van der Waals surface area contributed by atoms with Gasteiger partial charge < -0.3 is 4.90 Å². The first-order valence-electron chi connectivity index (χ1n) is 5.53. The molecule has 17 heavy (non-hydrogen) atoms. The van der Waals surface area contributed by atoms with Crippen LogP contribution in [0.2, 0.25) is 10.0 Å². The Morgan fingerprint density at radius 1 is 1.12 bits per heavy atom. The summed E-state index contributed by atoms with van der Waals surface area (Å²) >= 11 is 15.4. The molecule has 2 rings (SSSR count). The average molecular weight is 337 g/mol. The molecule has 1 saturated heterocycles. The van der Waals surface area contributed by atoms with E-state index in [0.29, 0.717) is 20.1 Å². The van der Waals surface area contributed by atoms with Crippen molar-refractivity contribution in [3.8, 4) is 0 Å². The van der Waals surface area contributed by atoms with Gasteiger partial charge >= 0.3 is 0 Å². The second kappa shape index (κ2) is 5.59. The maximum absolute atomic E-state index is 12.3. The summed E-state index contributed by atoms with van der Waals surface area (Å²) in [6.45, 7) is 1.62. The lowest BCUT2D eigenvalue weighted by Crippen LogP contribution is -2.35. The Hall–Kier alpha value is -0.250. The van der Waals surface area contributed by atoms with E-state index in [0.717, 1.165) is 25.9 Å². The molecule has 1 aliphatic rings. The van der Waals surface area contributed by atoms with Gasteiger partial charge in [-0.05, 0) is 47.3 Å². The van der Waals surface area contributed by atoms with Gasteiger partial charge in [0, 0.05) is 17.6 Å². The zero-order chi connectivity index (χ0) is 12.4. The molecule has 0 radical (unpaired) electrons. The molecule has 0 aliphatic carbocycles. The van der Waals surface area contributed by atoms with E-state index < -0.39 is 0 Å². The minimum absolute atomic E-state index is 0.0240. The summed E-state index contributed by atoms with van der Waals surface area (Å²) in [7, 11) is 0. The quantitative estimate of drug-likeness (QED) is 0.697. The number of carbonyl (C=O) groups is 1. The number of piperidine rings is 1. The highest BCUT2D eigenvalue weighted by Crippen LogP contribution is 2.30. The van der Waals surface area contributed by atoms with E-state index in [2.05, 4.69) is 15.9 Å². The number of halogens is 3. The topological polar surface area (TPSA) is 20.3 Å². The minimum atomic E-state index is -0.0240. The van der Waals surface area contributed by atoms with Crippen LogP contribution < -0.4 is 0 Å². The van der Waals surface area contributed by atoms with Crippen molar-refractivity contribution in [3.05, 3.63) is 32.2 Å². The molecule has 0 N–H and O–H groups in total. The molecule has 0 unspecified atom stereocenters. The fourth-order valence-electron chi connectivity index (χ4n) is 1.95. The van der Waals surface area contributed by atoms with Crippen LogP contribution in [0.1, 0.15) is 29.6 Å². The lowest BCUT2D eigenvalue weighted by molar-refractivity contribution is 0.0724. The maximum Gasteiger partial charge on any atom is 0.255 e. The number of amides is 1. The number of hydrogen-bond donors (Lipinski definition) is 0. The summed E-state index contributed by atoms with van der Waals surface area (Å²) in [4.78, 5) is 14.1. The zero-order valence-electron chi connectivity index (χ0n) is 9.18. The van der Waals surface area contributed by atoms with Crippen LogP contribution in [0.25, 0.3) is 0 Å². The first-order chi connectivity index (χ1) is 8.09. The third kappa shape index (κ3) is 2.95. The fraction of sp³-hybridized carbons (Fsp3) is 0.417. The first-order valence-corrected chi connectivity index (χ1v) is 7.08. The standard InChI is InChI=1S/C12H12BrCl2NO/c13-9-7-10(14)8(6-11(9)15)12(17)16-4-2-1-3-5-16/h6-7H,1-5H2. The van der Waals surface area contributed by atoms with Crippen LogP contribution in [0.15, 0.2) is 16.6 Å². The van der Waals surface area contributed by atoms with Crippen LogP contribution >= 0.6 is 39.1 Å². The Labute approximate surface area is 119 Å². The van der Waals surface area contributed by atoms with E-state index in [1.165, 1.54) is 6.42 Å². The Morgan fingerprint density at radius 3 is 2.41 bits per heavy atom. The van der Waals surface area contributed by atoms with Gasteiger partial charge in [-0.1, -0.05) is 23.2 Å². The molecule has 0 atom stereocenters. The second-order valence-electron chi connectivity index (χ2n) is 4.10. The lowest BCUT2D eigenvalue weighted by atomic mass is 10.1. The molecule has 0 aromatic heterocycles. The van der Waals surface area contributed by atoms with Crippen molar-refractivity contribution in [3.63, 3.8) is 0 Å². The van der Waals surface area contributed by atoms with Gasteiger partial charge in [-0.15, -0.1) is 0 Å². The van der Waals surface area contributed by atoms with Crippen molar-refractivity contribution >= 4 is 45.0 Å². The average Bonchev–Trinajstić information content (AvgIpc) is 2.34. The molecule has 92 valence electrons. The van der Waals surface area contributed by atoms with E-state index in [-0.39, 0.29) is 5.91 Å². The van der Waals surface area contributed by atoms with Crippen LogP contribution in [-0.2, 0) is 0 Å². The zero-order valence-corrected chi connectivity index (χ0v) is 12.3. The van der Waals surface area contributed by atoms with Crippen LogP contribution in [0, 0.1) is 0 Å². The van der Waals surface area contributed by atoms with Crippen LogP contribution in [0.5, 0.6) is 0 Å². The van der Waals surface area contributed by atoms with E-state index in [9.17, 15) is 4.79 Å². The van der Waals surface area contributed by atoms with E-state index in [4.69, 9.17) is 23.2 Å². The predicted molar refractivity (Wildman–Crippen MR) is 73.9 cm³/mol. The van der Waals surface area contributed by atoms with Crippen LogP contribution in [0.4, 0.5) is 0 Å². The third-order valence-electron chi connectivity index (χ3n) is 2.88. The van der Waals surface area contributed by atoms with Gasteiger partial charge in [0.05, 0.1) is 15.6 Å². The van der Waals surface area contributed by atoms with Gasteiger partial charge in [0.15, 0.2) is 0 Å². The molecule has 0 saturated carbocycles. The number of likely N-dealkylation sites (tertiary alicyclic amines) is 1. The normalized spacial score (nSPS) is 16.1. The predicted octanol–water partition coefficient (Wildman–Crippen LogP) is 4.38. The summed E-state index contributed by atoms with van der Waals surface area (Å²) in [5, 5.41) is 0.951. The monoisotopic (exact) mass is 335 g/mol. The van der Waals surface area contributed by atoms with Crippen LogP contribution in [0.3, 0.4) is 0 Å². The lowest BCUT2D eigenvalue weighted by Gasteiger charge is -2.27.